The molecule has 1 N–H and O–H groups in total. The molecule has 0 aliphatic carbocycles. The Labute approximate surface area is 107 Å². The molecule has 0 radical (unpaired) electrons. The van der Waals surface area contributed by atoms with Gasteiger partial charge in [0.1, 0.15) is 12.1 Å². The average Bonchev–Trinajstić information content (AvgIpc) is 2.63. The second-order valence-electron chi connectivity index (χ2n) is 3.24. The van der Waals surface area contributed by atoms with E-state index in [-0.39, 0.29) is 0 Å². The molecule has 0 aromatic rings. The summed E-state index contributed by atoms with van der Waals surface area (Å²) >= 11 is 16.0. The SMILES string of the molecule is COC(=O)C1CC(OC(=O)C(Cl)(Cl)Cl)CN1. The number of alkyl halides is 3. The summed E-state index contributed by atoms with van der Waals surface area (Å²) < 4.78 is 7.34. The minimum atomic E-state index is -2.09. The number of hydrogen-bond donors (Lipinski definition) is 1. The summed E-state index contributed by atoms with van der Waals surface area (Å²) in [6.45, 7) is 0.326. The highest BCUT2D eigenvalue weighted by Gasteiger charge is 2.38. The van der Waals surface area contributed by atoms with Gasteiger partial charge in [0, 0.05) is 13.0 Å². The van der Waals surface area contributed by atoms with Crippen LogP contribution in [0, 0.1) is 0 Å². The molecule has 1 aliphatic heterocycles. The van der Waals surface area contributed by atoms with Gasteiger partial charge in [-0.15, -0.1) is 0 Å². The van der Waals surface area contributed by atoms with Gasteiger partial charge in [0.15, 0.2) is 0 Å². The average molecular weight is 291 g/mol. The molecule has 1 saturated heterocycles. The monoisotopic (exact) mass is 289 g/mol. The van der Waals surface area contributed by atoms with Gasteiger partial charge in [-0.3, -0.25) is 4.79 Å². The molecule has 2 unspecified atom stereocenters. The van der Waals surface area contributed by atoms with Crippen molar-refractivity contribution in [2.45, 2.75) is 22.4 Å². The molecular formula is C8H10Cl3NO4. The zero-order valence-electron chi connectivity index (χ0n) is 8.34. The first-order valence-corrected chi connectivity index (χ1v) is 5.57. The second kappa shape index (κ2) is 5.40. The molecule has 0 bridgehead atoms. The summed E-state index contributed by atoms with van der Waals surface area (Å²) in [6.07, 6.45) is -0.189. The number of carbonyl (C=O) groups excluding carboxylic acids is 2. The molecule has 5 nitrogen and oxygen atoms in total. The number of rotatable bonds is 2. The minimum absolute atomic E-state index is 0.305. The molecule has 0 aromatic carbocycles. The summed E-state index contributed by atoms with van der Waals surface area (Å²) in [6, 6.07) is -0.488. The van der Waals surface area contributed by atoms with E-state index >= 15 is 0 Å². The van der Waals surface area contributed by atoms with E-state index in [0.29, 0.717) is 13.0 Å². The lowest BCUT2D eigenvalue weighted by molar-refractivity contribution is -0.148. The maximum atomic E-state index is 11.2. The molecule has 0 amide bonds. The molecule has 1 aliphatic rings. The van der Waals surface area contributed by atoms with Crippen LogP contribution in [0.4, 0.5) is 0 Å². The van der Waals surface area contributed by atoms with E-state index in [1.54, 1.807) is 0 Å². The van der Waals surface area contributed by atoms with E-state index < -0.39 is 27.9 Å². The normalized spacial score (nSPS) is 25.2. The Kier molecular flexibility index (Phi) is 4.67. The maximum absolute atomic E-state index is 11.2. The molecule has 2 atom stereocenters. The van der Waals surface area contributed by atoms with Crippen LogP contribution < -0.4 is 5.32 Å². The third-order valence-electron chi connectivity index (χ3n) is 2.08. The molecule has 0 saturated carbocycles. The number of hydrogen-bond acceptors (Lipinski definition) is 5. The summed E-state index contributed by atoms with van der Waals surface area (Å²) in [5, 5.41) is 2.83. The fourth-order valence-electron chi connectivity index (χ4n) is 1.33. The highest BCUT2D eigenvalue weighted by Crippen LogP contribution is 2.28. The zero-order valence-corrected chi connectivity index (χ0v) is 10.6. The first-order valence-electron chi connectivity index (χ1n) is 4.43. The number of methoxy groups -OCH3 is 1. The van der Waals surface area contributed by atoms with Gasteiger partial charge in [0.05, 0.1) is 7.11 Å². The van der Waals surface area contributed by atoms with E-state index in [1.165, 1.54) is 7.11 Å². The van der Waals surface area contributed by atoms with Crippen molar-refractivity contribution in [3.8, 4) is 0 Å². The van der Waals surface area contributed by atoms with E-state index in [4.69, 9.17) is 39.5 Å². The Morgan fingerprint density at radius 3 is 2.50 bits per heavy atom. The van der Waals surface area contributed by atoms with Gasteiger partial charge in [-0.2, -0.15) is 0 Å². The second-order valence-corrected chi connectivity index (χ2v) is 5.53. The third-order valence-corrected chi connectivity index (χ3v) is 2.54. The van der Waals surface area contributed by atoms with Gasteiger partial charge in [0.25, 0.3) is 3.79 Å². The van der Waals surface area contributed by atoms with Gasteiger partial charge in [-0.1, -0.05) is 34.8 Å². The van der Waals surface area contributed by atoms with Gasteiger partial charge < -0.3 is 14.8 Å². The van der Waals surface area contributed by atoms with Crippen LogP contribution in [0.25, 0.3) is 0 Å². The van der Waals surface area contributed by atoms with Crippen molar-refractivity contribution in [1.29, 1.82) is 0 Å². The van der Waals surface area contributed by atoms with Crippen molar-refractivity contribution >= 4 is 46.7 Å². The van der Waals surface area contributed by atoms with Crippen molar-refractivity contribution in [3.63, 3.8) is 0 Å². The smallest absolute Gasteiger partial charge is 0.358 e. The fraction of sp³-hybridized carbons (Fsp3) is 0.750. The quantitative estimate of drug-likeness (QED) is 0.602. The van der Waals surface area contributed by atoms with Crippen LogP contribution in [0.15, 0.2) is 0 Å². The third kappa shape index (κ3) is 3.66. The summed E-state index contributed by atoms with van der Waals surface area (Å²) in [5.41, 5.74) is 0. The topological polar surface area (TPSA) is 64.6 Å². The van der Waals surface area contributed by atoms with Gasteiger partial charge in [-0.25, -0.2) is 4.79 Å². The molecule has 0 aromatic heterocycles. The Hall–Kier alpha value is -0.230. The molecule has 8 heteroatoms. The summed E-state index contributed by atoms with van der Waals surface area (Å²) in [4.78, 5) is 22.3. The Bertz CT molecular complexity index is 291. The van der Waals surface area contributed by atoms with E-state index in [9.17, 15) is 9.59 Å². The van der Waals surface area contributed by atoms with E-state index in [2.05, 4.69) is 10.1 Å². The van der Waals surface area contributed by atoms with Crippen LogP contribution in [0.2, 0.25) is 0 Å². The number of esters is 2. The van der Waals surface area contributed by atoms with Crippen LogP contribution in [-0.4, -0.2) is 41.5 Å². The Balaban J connectivity index is 2.43. The van der Waals surface area contributed by atoms with Crippen LogP contribution in [0.5, 0.6) is 0 Å². The van der Waals surface area contributed by atoms with Crippen LogP contribution in [0.1, 0.15) is 6.42 Å². The standard InChI is InChI=1S/C8H10Cl3NO4/c1-15-6(13)5-2-4(3-12-5)16-7(14)8(9,10)11/h4-5,12H,2-3H2,1H3. The highest BCUT2D eigenvalue weighted by atomic mass is 35.6. The summed E-state index contributed by atoms with van der Waals surface area (Å²) in [7, 11) is 1.28. The van der Waals surface area contributed by atoms with Gasteiger partial charge >= 0.3 is 11.9 Å². The fourth-order valence-corrected chi connectivity index (χ4v) is 1.47. The lowest BCUT2D eigenvalue weighted by Gasteiger charge is -2.15. The predicted molar refractivity (Wildman–Crippen MR) is 58.6 cm³/mol. The summed E-state index contributed by atoms with van der Waals surface area (Å²) in [5.74, 6) is -1.36. The van der Waals surface area contributed by atoms with Crippen molar-refractivity contribution in [2.75, 3.05) is 13.7 Å². The van der Waals surface area contributed by atoms with Gasteiger partial charge in [-0.05, 0) is 0 Å². The molecule has 92 valence electrons. The number of halogens is 3. The Morgan fingerprint density at radius 2 is 2.00 bits per heavy atom. The molecule has 16 heavy (non-hydrogen) atoms. The van der Waals surface area contributed by atoms with Crippen LogP contribution in [-0.2, 0) is 19.1 Å². The molecule has 1 fully saturated rings. The minimum Gasteiger partial charge on any atom is -0.468 e. The molecule has 0 spiro atoms. The molecule has 1 rings (SSSR count). The van der Waals surface area contributed by atoms with Crippen molar-refractivity contribution in [1.82, 2.24) is 5.32 Å². The number of carbonyl (C=O) groups is 2. The Morgan fingerprint density at radius 1 is 1.38 bits per heavy atom. The molecule has 1 heterocycles. The maximum Gasteiger partial charge on any atom is 0.358 e. The lowest BCUT2D eigenvalue weighted by atomic mass is 10.2. The van der Waals surface area contributed by atoms with E-state index in [0.717, 1.165) is 0 Å². The molecular weight excluding hydrogens is 280 g/mol. The van der Waals surface area contributed by atoms with Crippen LogP contribution >= 0.6 is 34.8 Å². The lowest BCUT2D eigenvalue weighted by Crippen LogP contribution is -2.31. The predicted octanol–water partition coefficient (Wildman–Crippen LogP) is 0.803. The first-order chi connectivity index (χ1) is 7.34. The largest absolute Gasteiger partial charge is 0.468 e. The first kappa shape index (κ1) is 13.8. The number of ether oxygens (including phenoxy) is 2. The van der Waals surface area contributed by atoms with Crippen molar-refractivity contribution in [2.24, 2.45) is 0 Å². The van der Waals surface area contributed by atoms with Gasteiger partial charge in [0.2, 0.25) is 0 Å². The van der Waals surface area contributed by atoms with Crippen LogP contribution in [0.3, 0.4) is 0 Å². The van der Waals surface area contributed by atoms with Crippen molar-refractivity contribution in [3.05, 3.63) is 0 Å². The highest BCUT2D eigenvalue weighted by molar-refractivity contribution is 6.75. The van der Waals surface area contributed by atoms with E-state index in [1.807, 2.05) is 0 Å². The zero-order chi connectivity index (χ0) is 12.3. The number of nitrogens with one attached hydrogen (secondary N) is 1. The van der Waals surface area contributed by atoms with Crippen molar-refractivity contribution < 1.29 is 19.1 Å².